The number of carbonyl (C=O) groups excluding carboxylic acids is 1. The lowest BCUT2D eigenvalue weighted by molar-refractivity contribution is -0.140. The van der Waals surface area contributed by atoms with E-state index in [4.69, 9.17) is 35.3 Å². The first-order valence-electron chi connectivity index (χ1n) is 16.4. The van der Waals surface area contributed by atoms with Crippen molar-refractivity contribution in [3.05, 3.63) is 94.3 Å². The second-order valence-corrected chi connectivity index (χ2v) is 13.5. The lowest BCUT2D eigenvalue weighted by Gasteiger charge is -2.27. The maximum atomic E-state index is 11.5. The monoisotopic (exact) mass is 688 g/mol. The van der Waals surface area contributed by atoms with Crippen LogP contribution in [0, 0.1) is 6.92 Å². The van der Waals surface area contributed by atoms with Crippen LogP contribution in [0.2, 0.25) is 5.02 Å². The van der Waals surface area contributed by atoms with Crippen molar-refractivity contribution in [3.8, 4) is 34.1 Å². The Kier molecular flexibility index (Phi) is 11.6. The fourth-order valence-corrected chi connectivity index (χ4v) is 7.07. The summed E-state index contributed by atoms with van der Waals surface area (Å²) >= 11 is 8.44. The first-order valence-corrected chi connectivity index (χ1v) is 17.8. The van der Waals surface area contributed by atoms with Gasteiger partial charge in [-0.2, -0.15) is 0 Å². The van der Waals surface area contributed by atoms with E-state index in [2.05, 4.69) is 35.0 Å². The molecule has 0 atom stereocenters. The first-order chi connectivity index (χ1) is 23.5. The van der Waals surface area contributed by atoms with Gasteiger partial charge in [-0.25, -0.2) is 0 Å². The number of hydrogen-bond donors (Lipinski definition) is 0. The minimum Gasteiger partial charge on any atom is -0.488 e. The van der Waals surface area contributed by atoms with Crippen molar-refractivity contribution in [2.75, 3.05) is 39.2 Å². The van der Waals surface area contributed by atoms with Crippen LogP contribution in [0.5, 0.6) is 23.0 Å². The molecule has 0 spiro atoms. The average Bonchev–Trinajstić information content (AvgIpc) is 3.11. The Balaban J connectivity index is 1.18. The molecule has 0 saturated carbocycles. The number of esters is 1. The summed E-state index contributed by atoms with van der Waals surface area (Å²) in [5.74, 6) is 3.25. The Labute approximate surface area is 291 Å². The largest absolute Gasteiger partial charge is 0.488 e. The number of benzene rings is 3. The molecule has 3 aromatic carbocycles. The van der Waals surface area contributed by atoms with Crippen LogP contribution in [0.3, 0.4) is 0 Å². The van der Waals surface area contributed by atoms with Crippen molar-refractivity contribution < 1.29 is 28.5 Å². The number of ether oxygens (including phenoxy) is 5. The topological polar surface area (TPSA) is 79.4 Å². The number of hydrogen-bond acceptors (Lipinski definition) is 9. The highest BCUT2D eigenvalue weighted by Crippen LogP contribution is 2.38. The number of piperidine rings is 1. The molecule has 48 heavy (non-hydrogen) atoms. The maximum Gasteiger partial charge on any atom is 0.306 e. The van der Waals surface area contributed by atoms with Crippen LogP contribution < -0.4 is 18.9 Å². The highest BCUT2D eigenvalue weighted by molar-refractivity contribution is 7.99. The lowest BCUT2D eigenvalue weighted by Crippen LogP contribution is -2.29. The molecule has 2 aliphatic heterocycles. The van der Waals surface area contributed by atoms with E-state index in [1.165, 1.54) is 26.4 Å². The number of fused-ring (bicyclic) bond motifs is 1. The molecule has 0 amide bonds. The normalized spacial score (nSPS) is 14.4. The highest BCUT2D eigenvalue weighted by atomic mass is 35.5. The van der Waals surface area contributed by atoms with Gasteiger partial charge in [-0.1, -0.05) is 42.3 Å². The van der Waals surface area contributed by atoms with Gasteiger partial charge in [-0.15, -0.1) is 11.8 Å². The third kappa shape index (κ3) is 8.75. The second kappa shape index (κ2) is 16.5. The van der Waals surface area contributed by atoms with Gasteiger partial charge in [-0.05, 0) is 79.4 Å². The molecule has 1 aromatic heterocycles. The van der Waals surface area contributed by atoms with Gasteiger partial charge in [0.25, 0.3) is 0 Å². The minimum absolute atomic E-state index is 0.222. The summed E-state index contributed by atoms with van der Waals surface area (Å²) in [4.78, 5) is 19.3. The van der Waals surface area contributed by atoms with Crippen molar-refractivity contribution in [1.29, 1.82) is 0 Å². The number of rotatable bonds is 13. The van der Waals surface area contributed by atoms with Crippen LogP contribution in [-0.2, 0) is 29.3 Å². The average molecular weight is 689 g/mol. The number of halogens is 1. The van der Waals surface area contributed by atoms with Gasteiger partial charge in [0, 0.05) is 46.8 Å². The number of methoxy groups -OCH3 is 1. The van der Waals surface area contributed by atoms with Gasteiger partial charge in [0.15, 0.2) is 11.5 Å². The van der Waals surface area contributed by atoms with Crippen molar-refractivity contribution in [2.24, 2.45) is 0 Å². The fraction of sp³-hybridized carbons (Fsp3) is 0.368. The van der Waals surface area contributed by atoms with Gasteiger partial charge >= 0.3 is 5.97 Å². The molecule has 1 saturated heterocycles. The van der Waals surface area contributed by atoms with E-state index in [9.17, 15) is 4.79 Å². The number of nitrogens with zero attached hydrogens (tertiary/aromatic N) is 2. The van der Waals surface area contributed by atoms with Crippen LogP contribution >= 0.6 is 23.4 Å². The molecular weight excluding hydrogens is 648 g/mol. The molecule has 4 aromatic rings. The quantitative estimate of drug-likeness (QED) is 0.102. The van der Waals surface area contributed by atoms with Crippen molar-refractivity contribution in [3.63, 3.8) is 0 Å². The zero-order valence-corrected chi connectivity index (χ0v) is 29.0. The van der Waals surface area contributed by atoms with Crippen molar-refractivity contribution in [2.45, 2.75) is 57.3 Å². The van der Waals surface area contributed by atoms with Crippen molar-refractivity contribution >= 4 is 29.3 Å². The van der Waals surface area contributed by atoms with Crippen LogP contribution in [0.25, 0.3) is 11.1 Å². The van der Waals surface area contributed by atoms with E-state index < -0.39 is 0 Å². The van der Waals surface area contributed by atoms with E-state index in [0.29, 0.717) is 49.4 Å². The zero-order valence-electron chi connectivity index (χ0n) is 27.5. The molecular formula is C38H41ClN2O6S. The molecule has 252 valence electrons. The summed E-state index contributed by atoms with van der Waals surface area (Å²) in [6.45, 7) is 6.79. The zero-order chi connectivity index (χ0) is 33.3. The standard InChI is InChI=1S/C38H41ClN2O6S/c1-26-29(7-6-8-32(26)28-9-10-34-37(19-28)45-15-14-44-34)25-47-36-20-35(30(18-33(36)39)23-41-12-4-3-5-13-41)46-24-27-17-31(22-40-21-27)48-16-11-38(42)43-2/h6-10,17-22H,3-5,11-16,23-25H2,1-2H3. The molecule has 0 unspecified atom stereocenters. The summed E-state index contributed by atoms with van der Waals surface area (Å²) in [5, 5.41) is 0.556. The molecule has 3 heterocycles. The van der Waals surface area contributed by atoms with E-state index in [1.54, 1.807) is 24.2 Å². The van der Waals surface area contributed by atoms with Crippen LogP contribution in [0.4, 0.5) is 0 Å². The SMILES string of the molecule is COC(=O)CCSc1cncc(COc2cc(OCc3cccc(-c4ccc5c(c4)OCCO5)c3C)c(Cl)cc2CN2CCCCC2)c1. The lowest BCUT2D eigenvalue weighted by atomic mass is 9.96. The molecule has 6 rings (SSSR count). The Hall–Kier alpha value is -3.92. The number of aromatic nitrogens is 1. The molecule has 1 fully saturated rings. The number of carbonyl (C=O) groups is 1. The van der Waals surface area contributed by atoms with E-state index in [1.807, 2.05) is 36.4 Å². The van der Waals surface area contributed by atoms with E-state index in [0.717, 1.165) is 75.2 Å². The molecule has 0 radical (unpaired) electrons. The second-order valence-electron chi connectivity index (χ2n) is 12.0. The summed E-state index contributed by atoms with van der Waals surface area (Å²) < 4.78 is 29.1. The molecule has 0 N–H and O–H groups in total. The van der Waals surface area contributed by atoms with Crippen LogP contribution in [-0.4, -0.2) is 55.0 Å². The van der Waals surface area contributed by atoms with Gasteiger partial charge in [-0.3, -0.25) is 14.7 Å². The Bertz CT molecular complexity index is 1730. The highest BCUT2D eigenvalue weighted by Gasteiger charge is 2.18. The molecule has 2 aliphatic rings. The van der Waals surface area contributed by atoms with Gasteiger partial charge in [0.2, 0.25) is 0 Å². The first kappa shape index (κ1) is 34.0. The van der Waals surface area contributed by atoms with Crippen LogP contribution in [0.1, 0.15) is 47.9 Å². The Morgan fingerprint density at radius 2 is 1.73 bits per heavy atom. The Morgan fingerprint density at radius 3 is 2.56 bits per heavy atom. The maximum absolute atomic E-state index is 11.5. The number of pyridine rings is 1. The van der Waals surface area contributed by atoms with Gasteiger partial charge < -0.3 is 23.7 Å². The summed E-state index contributed by atoms with van der Waals surface area (Å²) in [6, 6.07) is 18.3. The number of thioether (sulfide) groups is 1. The van der Waals surface area contributed by atoms with Crippen molar-refractivity contribution in [1.82, 2.24) is 9.88 Å². The predicted octanol–water partition coefficient (Wildman–Crippen LogP) is 8.28. The summed E-state index contributed by atoms with van der Waals surface area (Å²) in [6.07, 6.45) is 7.61. The third-order valence-corrected chi connectivity index (χ3v) is 9.87. The van der Waals surface area contributed by atoms with Crippen LogP contribution in [0.15, 0.2) is 71.9 Å². The summed E-state index contributed by atoms with van der Waals surface area (Å²) in [7, 11) is 1.40. The van der Waals surface area contributed by atoms with E-state index in [-0.39, 0.29) is 5.97 Å². The predicted molar refractivity (Wildman–Crippen MR) is 188 cm³/mol. The smallest absolute Gasteiger partial charge is 0.306 e. The van der Waals surface area contributed by atoms with Gasteiger partial charge in [0.1, 0.15) is 37.9 Å². The molecule has 8 nitrogen and oxygen atoms in total. The number of likely N-dealkylation sites (tertiary alicyclic amines) is 1. The third-order valence-electron chi connectivity index (χ3n) is 8.61. The van der Waals surface area contributed by atoms with Gasteiger partial charge in [0.05, 0.1) is 18.6 Å². The fourth-order valence-electron chi connectivity index (χ4n) is 5.96. The molecule has 0 bridgehead atoms. The molecule has 10 heteroatoms. The molecule has 0 aliphatic carbocycles. The van der Waals surface area contributed by atoms with E-state index >= 15 is 0 Å². The summed E-state index contributed by atoms with van der Waals surface area (Å²) in [5.41, 5.74) is 6.33. The minimum atomic E-state index is -0.222. The Morgan fingerprint density at radius 1 is 0.917 bits per heavy atom.